The molecule has 1 N–H and O–H groups in total. The monoisotopic (exact) mass is 265 g/mol. The molecule has 106 valence electrons. The van der Waals surface area contributed by atoms with Crippen molar-refractivity contribution in [3.63, 3.8) is 0 Å². The van der Waals surface area contributed by atoms with Crippen molar-refractivity contribution in [1.29, 1.82) is 0 Å². The molecule has 1 fully saturated rings. The number of hydrogen-bond acceptors (Lipinski definition) is 2. The van der Waals surface area contributed by atoms with Crippen LogP contribution in [0.25, 0.3) is 0 Å². The predicted molar refractivity (Wildman–Crippen MR) is 65.4 cm³/mol. The van der Waals surface area contributed by atoms with Crippen LogP contribution in [0.4, 0.5) is 13.2 Å². The molecule has 5 heteroatoms. The lowest BCUT2D eigenvalue weighted by atomic mass is 9.85. The average Bonchev–Trinajstić information content (AvgIpc) is 2.33. The lowest BCUT2D eigenvalue weighted by molar-refractivity contribution is -0.182. The Kier molecular flexibility index (Phi) is 6.71. The molecule has 0 atom stereocenters. The van der Waals surface area contributed by atoms with Gasteiger partial charge in [-0.2, -0.15) is 13.2 Å². The van der Waals surface area contributed by atoms with Crippen molar-refractivity contribution in [3.05, 3.63) is 12.7 Å². The number of hydrogen-bond donors (Lipinski definition) is 1. The highest BCUT2D eigenvalue weighted by Gasteiger charge is 2.41. The molecule has 0 aromatic carbocycles. The minimum atomic E-state index is -4.02. The van der Waals surface area contributed by atoms with E-state index in [0.717, 1.165) is 6.42 Å². The molecule has 1 rings (SSSR count). The number of alkyl halides is 3. The Morgan fingerprint density at radius 3 is 2.39 bits per heavy atom. The number of rotatable bonds is 7. The standard InChI is InChI=1S/C13H22F3NO/c1-2-3-9-18-10-8-17-12-6-4-11(5-7-12)13(14,15)16/h2,11-12,17H,1,3-10H2. The van der Waals surface area contributed by atoms with Gasteiger partial charge in [0.1, 0.15) is 0 Å². The summed E-state index contributed by atoms with van der Waals surface area (Å²) in [7, 11) is 0. The van der Waals surface area contributed by atoms with Gasteiger partial charge in [-0.15, -0.1) is 6.58 Å². The lowest BCUT2D eigenvalue weighted by Gasteiger charge is -2.30. The topological polar surface area (TPSA) is 21.3 Å². The Morgan fingerprint density at radius 2 is 1.83 bits per heavy atom. The van der Waals surface area contributed by atoms with Gasteiger partial charge in [0.25, 0.3) is 0 Å². The first-order valence-corrected chi connectivity index (χ1v) is 6.52. The van der Waals surface area contributed by atoms with Crippen LogP contribution in [0.1, 0.15) is 32.1 Å². The fraction of sp³-hybridized carbons (Fsp3) is 0.846. The summed E-state index contributed by atoms with van der Waals surface area (Å²) in [6, 6.07) is 0.214. The van der Waals surface area contributed by atoms with Crippen molar-refractivity contribution in [3.8, 4) is 0 Å². The summed E-state index contributed by atoms with van der Waals surface area (Å²) in [5.74, 6) is -1.10. The third-order valence-electron chi connectivity index (χ3n) is 3.34. The van der Waals surface area contributed by atoms with E-state index in [-0.39, 0.29) is 18.9 Å². The van der Waals surface area contributed by atoms with Gasteiger partial charge in [-0.25, -0.2) is 0 Å². The molecule has 1 saturated carbocycles. The average molecular weight is 265 g/mol. The zero-order valence-electron chi connectivity index (χ0n) is 10.6. The highest BCUT2D eigenvalue weighted by Crippen LogP contribution is 2.37. The first kappa shape index (κ1) is 15.5. The van der Waals surface area contributed by atoms with Crippen LogP contribution in [0.5, 0.6) is 0 Å². The Bertz CT molecular complexity index is 235. The van der Waals surface area contributed by atoms with Crippen molar-refractivity contribution in [2.45, 2.75) is 44.3 Å². The molecular weight excluding hydrogens is 243 g/mol. The lowest BCUT2D eigenvalue weighted by Crippen LogP contribution is -2.38. The summed E-state index contributed by atoms with van der Waals surface area (Å²) in [6.07, 6.45) is 0.325. The van der Waals surface area contributed by atoms with Gasteiger partial charge in [0.2, 0.25) is 0 Å². The van der Waals surface area contributed by atoms with E-state index in [2.05, 4.69) is 11.9 Å². The van der Waals surface area contributed by atoms with Gasteiger partial charge in [0, 0.05) is 12.6 Å². The Labute approximate surface area is 107 Å². The molecule has 0 bridgehead atoms. The number of halogens is 3. The van der Waals surface area contributed by atoms with Crippen LogP contribution in [0.3, 0.4) is 0 Å². The van der Waals surface area contributed by atoms with Crippen molar-refractivity contribution in [2.24, 2.45) is 5.92 Å². The zero-order valence-corrected chi connectivity index (χ0v) is 10.6. The molecule has 0 spiro atoms. The summed E-state index contributed by atoms with van der Waals surface area (Å²) >= 11 is 0. The Balaban J connectivity index is 2.04. The summed E-state index contributed by atoms with van der Waals surface area (Å²) in [6.45, 7) is 5.56. The maximum atomic E-state index is 12.4. The van der Waals surface area contributed by atoms with Crippen LogP contribution >= 0.6 is 0 Å². The maximum Gasteiger partial charge on any atom is 0.391 e. The van der Waals surface area contributed by atoms with Crippen molar-refractivity contribution < 1.29 is 17.9 Å². The maximum absolute atomic E-state index is 12.4. The number of nitrogens with one attached hydrogen (secondary N) is 1. The van der Waals surface area contributed by atoms with Crippen LogP contribution < -0.4 is 5.32 Å². The minimum absolute atomic E-state index is 0.214. The molecule has 2 nitrogen and oxygen atoms in total. The summed E-state index contributed by atoms with van der Waals surface area (Å²) in [5.41, 5.74) is 0. The predicted octanol–water partition coefficient (Wildman–Crippen LogP) is 3.29. The second-order valence-corrected chi connectivity index (χ2v) is 4.73. The van der Waals surface area contributed by atoms with Gasteiger partial charge in [-0.3, -0.25) is 0 Å². The highest BCUT2D eigenvalue weighted by atomic mass is 19.4. The molecule has 1 aliphatic carbocycles. The van der Waals surface area contributed by atoms with Crippen molar-refractivity contribution in [2.75, 3.05) is 19.8 Å². The molecule has 0 saturated heterocycles. The summed E-state index contributed by atoms with van der Waals surface area (Å²) < 4.78 is 42.7. The van der Waals surface area contributed by atoms with E-state index in [1.807, 2.05) is 0 Å². The molecule has 0 heterocycles. The first-order valence-electron chi connectivity index (χ1n) is 6.52. The first-order chi connectivity index (χ1) is 8.54. The number of ether oxygens (including phenoxy) is 1. The Morgan fingerprint density at radius 1 is 1.17 bits per heavy atom. The molecule has 0 aromatic rings. The van der Waals surface area contributed by atoms with Gasteiger partial charge in [-0.1, -0.05) is 6.08 Å². The summed E-state index contributed by atoms with van der Waals surface area (Å²) in [4.78, 5) is 0. The quantitative estimate of drug-likeness (QED) is 0.563. The van der Waals surface area contributed by atoms with E-state index in [0.29, 0.717) is 32.6 Å². The molecule has 0 aromatic heterocycles. The van der Waals surface area contributed by atoms with Gasteiger partial charge >= 0.3 is 6.18 Å². The smallest absolute Gasteiger partial charge is 0.380 e. The van der Waals surface area contributed by atoms with E-state index in [9.17, 15) is 13.2 Å². The van der Waals surface area contributed by atoms with Gasteiger partial charge < -0.3 is 10.1 Å². The molecule has 0 aliphatic heterocycles. The third kappa shape index (κ3) is 5.87. The fourth-order valence-electron chi connectivity index (χ4n) is 2.23. The van der Waals surface area contributed by atoms with Gasteiger partial charge in [0.15, 0.2) is 0 Å². The van der Waals surface area contributed by atoms with Crippen molar-refractivity contribution >= 4 is 0 Å². The highest BCUT2D eigenvalue weighted by molar-refractivity contribution is 4.80. The molecule has 18 heavy (non-hydrogen) atoms. The van der Waals surface area contributed by atoms with Crippen LogP contribution in [0.15, 0.2) is 12.7 Å². The van der Waals surface area contributed by atoms with E-state index >= 15 is 0 Å². The molecule has 0 radical (unpaired) electrons. The Hall–Kier alpha value is -0.550. The van der Waals surface area contributed by atoms with Crippen LogP contribution in [-0.4, -0.2) is 32.0 Å². The normalized spacial score (nSPS) is 25.1. The van der Waals surface area contributed by atoms with E-state index in [1.165, 1.54) is 0 Å². The largest absolute Gasteiger partial charge is 0.391 e. The SMILES string of the molecule is C=CCCOCCNC1CCC(C(F)(F)F)CC1. The molecular formula is C13H22F3NO. The second kappa shape index (κ2) is 7.79. The molecule has 0 unspecified atom stereocenters. The zero-order chi connectivity index (χ0) is 13.4. The van der Waals surface area contributed by atoms with E-state index < -0.39 is 12.1 Å². The molecule has 0 amide bonds. The fourth-order valence-corrected chi connectivity index (χ4v) is 2.23. The molecule has 1 aliphatic rings. The van der Waals surface area contributed by atoms with Gasteiger partial charge in [-0.05, 0) is 32.1 Å². The summed E-state index contributed by atoms with van der Waals surface area (Å²) in [5, 5.41) is 3.25. The van der Waals surface area contributed by atoms with E-state index in [1.54, 1.807) is 6.08 Å². The van der Waals surface area contributed by atoms with Crippen LogP contribution in [0, 0.1) is 5.92 Å². The van der Waals surface area contributed by atoms with Crippen molar-refractivity contribution in [1.82, 2.24) is 5.32 Å². The third-order valence-corrected chi connectivity index (χ3v) is 3.34. The minimum Gasteiger partial charge on any atom is -0.380 e. The van der Waals surface area contributed by atoms with Gasteiger partial charge in [0.05, 0.1) is 19.1 Å². The second-order valence-electron chi connectivity index (χ2n) is 4.73. The van der Waals surface area contributed by atoms with Crippen LogP contribution in [-0.2, 0) is 4.74 Å². The van der Waals surface area contributed by atoms with Crippen LogP contribution in [0.2, 0.25) is 0 Å². The van der Waals surface area contributed by atoms with E-state index in [4.69, 9.17) is 4.74 Å².